The van der Waals surface area contributed by atoms with Crippen molar-refractivity contribution in [1.82, 2.24) is 0 Å². The third kappa shape index (κ3) is 3.20. The lowest BCUT2D eigenvalue weighted by atomic mass is 10.0. The van der Waals surface area contributed by atoms with Crippen LogP contribution in [0, 0.1) is 0 Å². The van der Waals surface area contributed by atoms with Crippen LogP contribution in [0.5, 0.6) is 0 Å². The summed E-state index contributed by atoms with van der Waals surface area (Å²) in [6, 6.07) is 3.17. The predicted octanol–water partition coefficient (Wildman–Crippen LogP) is 1.98. The topological polar surface area (TPSA) is 80.4 Å². The first-order valence-electron chi connectivity index (χ1n) is 4.38. The van der Waals surface area contributed by atoms with Gasteiger partial charge in [-0.3, -0.25) is 9.59 Å². The summed E-state index contributed by atoms with van der Waals surface area (Å²) in [5, 5.41) is 9.15. The van der Waals surface area contributed by atoms with E-state index in [-0.39, 0.29) is 17.0 Å². The van der Waals surface area contributed by atoms with E-state index in [2.05, 4.69) is 0 Å². The lowest BCUT2D eigenvalue weighted by Crippen LogP contribution is -2.32. The minimum atomic E-state index is -1.23. The van der Waals surface area contributed by atoms with E-state index >= 15 is 0 Å². The van der Waals surface area contributed by atoms with Gasteiger partial charge in [0, 0.05) is 17.0 Å². The number of nitrogens with two attached hydrogens (primary N) is 1. The van der Waals surface area contributed by atoms with Gasteiger partial charge >= 0.3 is 5.97 Å². The Hall–Kier alpha value is -1.10. The Balaban J connectivity index is 2.88. The van der Waals surface area contributed by atoms with Crippen LogP contribution < -0.4 is 5.73 Å². The molecular formula is C10H9Cl2NO3. The van der Waals surface area contributed by atoms with Crippen molar-refractivity contribution in [1.29, 1.82) is 0 Å². The molecule has 1 atom stereocenters. The van der Waals surface area contributed by atoms with Crippen molar-refractivity contribution in [2.24, 2.45) is 5.73 Å². The Morgan fingerprint density at radius 2 is 2.00 bits per heavy atom. The number of carboxylic acids is 1. The third-order valence-electron chi connectivity index (χ3n) is 1.95. The summed E-state index contributed by atoms with van der Waals surface area (Å²) in [5.41, 5.74) is 5.43. The number of aliphatic carboxylic acids is 1. The number of hydrogen-bond acceptors (Lipinski definition) is 3. The summed E-state index contributed by atoms with van der Waals surface area (Å²) in [6.45, 7) is 0. The fraction of sp³-hybridized carbons (Fsp3) is 0.200. The van der Waals surface area contributed by atoms with Crippen molar-refractivity contribution >= 4 is 35.0 Å². The van der Waals surface area contributed by atoms with E-state index in [1.54, 1.807) is 0 Å². The number of benzene rings is 1. The highest BCUT2D eigenvalue weighted by molar-refractivity contribution is 6.35. The molecule has 0 aliphatic carbocycles. The van der Waals surface area contributed by atoms with Crippen molar-refractivity contribution in [3.63, 3.8) is 0 Å². The molecule has 86 valence electrons. The van der Waals surface area contributed by atoms with Crippen molar-refractivity contribution in [2.45, 2.75) is 12.5 Å². The van der Waals surface area contributed by atoms with Crippen LogP contribution in [-0.4, -0.2) is 22.9 Å². The van der Waals surface area contributed by atoms with Gasteiger partial charge in [-0.1, -0.05) is 23.2 Å². The Bertz CT molecular complexity index is 434. The second-order valence-electron chi connectivity index (χ2n) is 3.20. The molecule has 0 fully saturated rings. The van der Waals surface area contributed by atoms with Crippen LogP contribution in [0.1, 0.15) is 16.8 Å². The van der Waals surface area contributed by atoms with Crippen molar-refractivity contribution in [2.75, 3.05) is 0 Å². The molecule has 0 saturated heterocycles. The van der Waals surface area contributed by atoms with Gasteiger partial charge in [-0.25, -0.2) is 0 Å². The van der Waals surface area contributed by atoms with Crippen LogP contribution in [0.3, 0.4) is 0 Å². The molecule has 4 nitrogen and oxygen atoms in total. The van der Waals surface area contributed by atoms with Gasteiger partial charge in [-0.05, 0) is 18.2 Å². The lowest BCUT2D eigenvalue weighted by Gasteiger charge is -2.07. The minimum Gasteiger partial charge on any atom is -0.480 e. The van der Waals surface area contributed by atoms with Gasteiger partial charge in [0.15, 0.2) is 5.78 Å². The molecule has 0 heterocycles. The molecule has 0 bridgehead atoms. The highest BCUT2D eigenvalue weighted by Crippen LogP contribution is 2.22. The van der Waals surface area contributed by atoms with Crippen molar-refractivity contribution in [3.8, 4) is 0 Å². The first-order chi connectivity index (χ1) is 7.41. The van der Waals surface area contributed by atoms with Crippen LogP contribution in [0.2, 0.25) is 10.0 Å². The molecule has 3 N–H and O–H groups in total. The number of rotatable bonds is 4. The summed E-state index contributed by atoms with van der Waals surface area (Å²) in [5.74, 6) is -1.67. The number of ketones is 1. The van der Waals surface area contributed by atoms with Gasteiger partial charge < -0.3 is 10.8 Å². The lowest BCUT2D eigenvalue weighted by molar-refractivity contribution is -0.138. The SMILES string of the molecule is NC(CC(=O)c1cc(Cl)ccc1Cl)C(=O)O. The molecule has 0 aliphatic rings. The van der Waals surface area contributed by atoms with Crippen LogP contribution in [-0.2, 0) is 4.79 Å². The van der Waals surface area contributed by atoms with Crippen LogP contribution in [0.4, 0.5) is 0 Å². The quantitative estimate of drug-likeness (QED) is 0.813. The summed E-state index contributed by atoms with van der Waals surface area (Å²) in [6.07, 6.45) is -0.310. The zero-order valence-corrected chi connectivity index (χ0v) is 9.63. The Kier molecular flexibility index (Phi) is 4.29. The molecule has 0 spiro atoms. The Morgan fingerprint density at radius 3 is 2.56 bits per heavy atom. The van der Waals surface area contributed by atoms with E-state index in [1.807, 2.05) is 0 Å². The molecule has 16 heavy (non-hydrogen) atoms. The van der Waals surface area contributed by atoms with Gasteiger partial charge in [-0.15, -0.1) is 0 Å². The molecule has 1 rings (SSSR count). The first-order valence-corrected chi connectivity index (χ1v) is 5.14. The number of carbonyl (C=O) groups is 2. The molecule has 0 radical (unpaired) electrons. The molecule has 0 aliphatic heterocycles. The van der Waals surface area contributed by atoms with E-state index in [1.165, 1.54) is 18.2 Å². The standard InChI is InChI=1S/C10H9Cl2NO3/c11-5-1-2-7(12)6(3-5)9(14)4-8(13)10(15)16/h1-3,8H,4,13H2,(H,15,16). The predicted molar refractivity (Wildman–Crippen MR) is 61.0 cm³/mol. The second-order valence-corrected chi connectivity index (χ2v) is 4.04. The smallest absolute Gasteiger partial charge is 0.320 e. The van der Waals surface area contributed by atoms with Crippen LogP contribution in [0.25, 0.3) is 0 Å². The van der Waals surface area contributed by atoms with E-state index in [0.717, 1.165) is 0 Å². The number of hydrogen-bond donors (Lipinski definition) is 2. The Morgan fingerprint density at radius 1 is 1.38 bits per heavy atom. The second kappa shape index (κ2) is 5.30. The maximum atomic E-state index is 11.6. The van der Waals surface area contributed by atoms with E-state index < -0.39 is 17.8 Å². The highest BCUT2D eigenvalue weighted by atomic mass is 35.5. The van der Waals surface area contributed by atoms with E-state index in [9.17, 15) is 9.59 Å². The zero-order valence-electron chi connectivity index (χ0n) is 8.11. The molecule has 1 aromatic carbocycles. The van der Waals surface area contributed by atoms with Gasteiger partial charge in [0.25, 0.3) is 0 Å². The maximum absolute atomic E-state index is 11.6. The molecule has 1 unspecified atom stereocenters. The zero-order chi connectivity index (χ0) is 12.3. The number of carbonyl (C=O) groups excluding carboxylic acids is 1. The Labute approximate surface area is 102 Å². The van der Waals surface area contributed by atoms with Crippen LogP contribution >= 0.6 is 23.2 Å². The van der Waals surface area contributed by atoms with Crippen molar-refractivity contribution < 1.29 is 14.7 Å². The number of Topliss-reactive ketones (excluding diaryl/α,β-unsaturated/α-hetero) is 1. The molecule has 1 aromatic rings. The molecule has 0 amide bonds. The molecule has 6 heteroatoms. The fourth-order valence-electron chi connectivity index (χ4n) is 1.11. The molecular weight excluding hydrogens is 253 g/mol. The monoisotopic (exact) mass is 261 g/mol. The first kappa shape index (κ1) is 13.0. The van der Waals surface area contributed by atoms with Crippen LogP contribution in [0.15, 0.2) is 18.2 Å². The normalized spacial score (nSPS) is 12.2. The van der Waals surface area contributed by atoms with Crippen molar-refractivity contribution in [3.05, 3.63) is 33.8 Å². The number of carboxylic acid groups (broad SMARTS) is 1. The minimum absolute atomic E-state index is 0.186. The molecule has 0 aromatic heterocycles. The van der Waals surface area contributed by atoms with Gasteiger partial charge in [0.2, 0.25) is 0 Å². The van der Waals surface area contributed by atoms with Gasteiger partial charge in [-0.2, -0.15) is 0 Å². The highest BCUT2D eigenvalue weighted by Gasteiger charge is 2.19. The fourth-order valence-corrected chi connectivity index (χ4v) is 1.50. The average Bonchev–Trinajstić information content (AvgIpc) is 2.21. The largest absolute Gasteiger partial charge is 0.480 e. The molecule has 0 saturated carbocycles. The maximum Gasteiger partial charge on any atom is 0.320 e. The summed E-state index contributed by atoms with van der Waals surface area (Å²) < 4.78 is 0. The van der Waals surface area contributed by atoms with Gasteiger partial charge in [0.05, 0.1) is 5.02 Å². The third-order valence-corrected chi connectivity index (χ3v) is 2.52. The summed E-state index contributed by atoms with van der Waals surface area (Å²) in [7, 11) is 0. The summed E-state index contributed by atoms with van der Waals surface area (Å²) >= 11 is 11.5. The van der Waals surface area contributed by atoms with E-state index in [4.69, 9.17) is 34.0 Å². The van der Waals surface area contributed by atoms with Gasteiger partial charge in [0.1, 0.15) is 6.04 Å². The summed E-state index contributed by atoms with van der Waals surface area (Å²) in [4.78, 5) is 22.1. The van der Waals surface area contributed by atoms with E-state index in [0.29, 0.717) is 5.02 Å². The number of halogens is 2. The average molecular weight is 262 g/mol.